The summed E-state index contributed by atoms with van der Waals surface area (Å²) in [4.78, 5) is 4.32. The zero-order valence-corrected chi connectivity index (χ0v) is 12.5. The molecule has 0 saturated carbocycles. The first-order valence-electron chi connectivity index (χ1n) is 6.96. The van der Waals surface area contributed by atoms with Gasteiger partial charge in [0.2, 0.25) is 0 Å². The molecule has 3 aromatic rings. The lowest BCUT2D eigenvalue weighted by atomic mass is 9.93. The van der Waals surface area contributed by atoms with Gasteiger partial charge in [-0.25, -0.2) is 4.98 Å². The van der Waals surface area contributed by atoms with E-state index in [2.05, 4.69) is 28.5 Å². The van der Waals surface area contributed by atoms with Crippen LogP contribution < -0.4 is 5.32 Å². The van der Waals surface area contributed by atoms with Crippen LogP contribution in [0.5, 0.6) is 0 Å². The summed E-state index contributed by atoms with van der Waals surface area (Å²) < 4.78 is 1.80. The van der Waals surface area contributed by atoms with Crippen molar-refractivity contribution >= 4 is 24.4 Å². The Labute approximate surface area is 124 Å². The van der Waals surface area contributed by atoms with Crippen LogP contribution in [0.3, 0.4) is 0 Å². The van der Waals surface area contributed by atoms with E-state index in [4.69, 9.17) is 0 Å². The number of benzene rings is 1. The summed E-state index contributed by atoms with van der Waals surface area (Å²) in [7, 11) is 3.63. The minimum Gasteiger partial charge on any atom is -0.379 e. The van der Waals surface area contributed by atoms with E-state index in [1.807, 2.05) is 37.8 Å². The van der Waals surface area contributed by atoms with Crippen LogP contribution in [-0.4, -0.2) is 29.6 Å². The van der Waals surface area contributed by atoms with Gasteiger partial charge in [-0.3, -0.25) is 0 Å². The molecule has 0 spiro atoms. The average molecular weight is 279 g/mol. The molecule has 5 heteroatoms. The number of pyridine rings is 1. The Balaban J connectivity index is 2.06. The van der Waals surface area contributed by atoms with Gasteiger partial charge in [0.05, 0.1) is 5.62 Å². The van der Waals surface area contributed by atoms with Crippen LogP contribution in [0.2, 0.25) is 0 Å². The van der Waals surface area contributed by atoms with Gasteiger partial charge in [0.25, 0.3) is 0 Å². The fourth-order valence-electron chi connectivity index (χ4n) is 2.36. The van der Waals surface area contributed by atoms with Crippen LogP contribution in [0.15, 0.2) is 48.9 Å². The topological polar surface area (TPSA) is 50.1 Å². The highest BCUT2D eigenvalue weighted by Gasteiger charge is 2.14. The summed E-state index contributed by atoms with van der Waals surface area (Å²) in [5.74, 6) is 0.855. The van der Waals surface area contributed by atoms with Crippen LogP contribution in [-0.2, 0) is 5.62 Å². The maximum Gasteiger partial charge on any atom is 0.169 e. The molecule has 1 aromatic carbocycles. The fourth-order valence-corrected chi connectivity index (χ4v) is 2.36. The number of anilines is 1. The van der Waals surface area contributed by atoms with Crippen molar-refractivity contribution in [3.05, 3.63) is 48.9 Å². The number of nitrogens with one attached hydrogen (secondary N) is 1. The molecule has 0 saturated heterocycles. The van der Waals surface area contributed by atoms with Gasteiger partial charge in [-0.2, -0.15) is 0 Å². The summed E-state index contributed by atoms with van der Waals surface area (Å²) in [6, 6.07) is 10.3. The lowest BCUT2D eigenvalue weighted by Gasteiger charge is -2.19. The van der Waals surface area contributed by atoms with Gasteiger partial charge in [0, 0.05) is 31.0 Å². The molecule has 3 rings (SSSR count). The lowest BCUT2D eigenvalue weighted by molar-refractivity contribution is 0.0728. The van der Waals surface area contributed by atoms with E-state index in [-0.39, 0.29) is 0 Å². The Kier molecular flexibility index (Phi) is 3.22. The van der Waals surface area contributed by atoms with Gasteiger partial charge in [-0.1, -0.05) is 12.1 Å². The molecule has 2 N–H and O–H groups in total. The first-order valence-corrected chi connectivity index (χ1v) is 6.96. The quantitative estimate of drug-likeness (QED) is 0.721. The molecule has 0 aliphatic rings. The minimum atomic E-state index is -0.891. The van der Waals surface area contributed by atoms with Gasteiger partial charge in [-0.15, -0.1) is 0 Å². The number of rotatable bonds is 3. The molecule has 0 aliphatic heterocycles. The number of aromatic nitrogens is 2. The first-order chi connectivity index (χ1) is 9.97. The fraction of sp³-hybridized carbons (Fsp3) is 0.188. The summed E-state index contributed by atoms with van der Waals surface area (Å²) in [5, 5.41) is 15.3. The number of hydrogen-bond donors (Lipinski definition) is 2. The van der Waals surface area contributed by atoms with Crippen molar-refractivity contribution in [1.29, 1.82) is 0 Å². The zero-order chi connectivity index (χ0) is 15.0. The molecular weight excluding hydrogens is 261 g/mol. The highest BCUT2D eigenvalue weighted by atomic mass is 16.3. The maximum atomic E-state index is 10.0. The molecule has 21 heavy (non-hydrogen) atoms. The SMILES string of the molecule is BC(C)(O)n1ccc(-c2ccc3cnc(NC)cc3c2)c1. The summed E-state index contributed by atoms with van der Waals surface area (Å²) >= 11 is 0. The van der Waals surface area contributed by atoms with Crippen molar-refractivity contribution in [3.8, 4) is 11.1 Å². The Bertz CT molecular complexity index is 790. The molecule has 4 nitrogen and oxygen atoms in total. The van der Waals surface area contributed by atoms with Gasteiger partial charge in [-0.05, 0) is 41.6 Å². The predicted octanol–water partition coefficient (Wildman–Crippen LogP) is 2.00. The van der Waals surface area contributed by atoms with E-state index in [1.165, 1.54) is 0 Å². The van der Waals surface area contributed by atoms with Crippen LogP contribution in [0, 0.1) is 0 Å². The molecule has 1 unspecified atom stereocenters. The standard InChI is InChI=1S/C16H18BN3O/c1-16(17,21)20-6-5-13(10-20)11-3-4-12-9-19-15(18-2)8-14(12)7-11/h3-10,21H,17H2,1-2H3,(H,18,19). The molecule has 0 amide bonds. The minimum absolute atomic E-state index is 0.855. The molecule has 0 radical (unpaired) electrons. The van der Waals surface area contributed by atoms with E-state index in [9.17, 15) is 5.11 Å². The number of fused-ring (bicyclic) bond motifs is 1. The molecule has 0 aliphatic carbocycles. The van der Waals surface area contributed by atoms with Crippen molar-refractivity contribution < 1.29 is 5.11 Å². The molecule has 2 heterocycles. The smallest absolute Gasteiger partial charge is 0.169 e. The van der Waals surface area contributed by atoms with Gasteiger partial charge in [0.15, 0.2) is 7.85 Å². The van der Waals surface area contributed by atoms with Crippen LogP contribution in [0.1, 0.15) is 6.92 Å². The molecule has 1 atom stereocenters. The normalized spacial score (nSPS) is 14.0. The van der Waals surface area contributed by atoms with E-state index < -0.39 is 5.62 Å². The Morgan fingerprint density at radius 3 is 2.67 bits per heavy atom. The van der Waals surface area contributed by atoms with Gasteiger partial charge >= 0.3 is 0 Å². The van der Waals surface area contributed by atoms with Crippen molar-refractivity contribution in [3.63, 3.8) is 0 Å². The Hall–Kier alpha value is -2.27. The van der Waals surface area contributed by atoms with Crippen molar-refractivity contribution in [2.45, 2.75) is 12.5 Å². The van der Waals surface area contributed by atoms with E-state index in [0.717, 1.165) is 27.7 Å². The zero-order valence-electron chi connectivity index (χ0n) is 12.5. The van der Waals surface area contributed by atoms with Gasteiger partial charge in [0.1, 0.15) is 5.82 Å². The second kappa shape index (κ2) is 4.93. The number of hydrogen-bond acceptors (Lipinski definition) is 3. The van der Waals surface area contributed by atoms with Crippen molar-refractivity contribution in [1.82, 2.24) is 9.55 Å². The summed E-state index contributed by atoms with van der Waals surface area (Å²) in [6.07, 6.45) is 5.72. The predicted molar refractivity (Wildman–Crippen MR) is 89.1 cm³/mol. The van der Waals surface area contributed by atoms with Crippen LogP contribution in [0.4, 0.5) is 5.82 Å². The van der Waals surface area contributed by atoms with Crippen LogP contribution in [0.25, 0.3) is 21.9 Å². The highest BCUT2D eigenvalue weighted by Crippen LogP contribution is 2.26. The Morgan fingerprint density at radius 2 is 2.00 bits per heavy atom. The van der Waals surface area contributed by atoms with E-state index >= 15 is 0 Å². The number of aliphatic hydroxyl groups is 1. The molecule has 106 valence electrons. The van der Waals surface area contributed by atoms with Crippen molar-refractivity contribution in [2.75, 3.05) is 12.4 Å². The van der Waals surface area contributed by atoms with Crippen LogP contribution >= 0.6 is 0 Å². The third-order valence-electron chi connectivity index (χ3n) is 3.64. The molecule has 0 fully saturated rings. The monoisotopic (exact) mass is 279 g/mol. The Morgan fingerprint density at radius 1 is 1.19 bits per heavy atom. The second-order valence-corrected chi connectivity index (χ2v) is 5.68. The number of nitrogens with zero attached hydrogens (tertiary/aromatic N) is 2. The maximum absolute atomic E-state index is 10.0. The molecule has 0 bridgehead atoms. The lowest BCUT2D eigenvalue weighted by Crippen LogP contribution is -2.28. The highest BCUT2D eigenvalue weighted by molar-refractivity contribution is 6.12. The summed E-state index contributed by atoms with van der Waals surface area (Å²) in [6.45, 7) is 1.77. The first kappa shape index (κ1) is 13.7. The molecular formula is C16H18BN3O. The van der Waals surface area contributed by atoms with Crippen molar-refractivity contribution in [2.24, 2.45) is 0 Å². The van der Waals surface area contributed by atoms with E-state index in [0.29, 0.717) is 0 Å². The third-order valence-corrected chi connectivity index (χ3v) is 3.64. The van der Waals surface area contributed by atoms with Gasteiger partial charge < -0.3 is 15.0 Å². The molecule has 2 aromatic heterocycles. The average Bonchev–Trinajstić information content (AvgIpc) is 2.96. The largest absolute Gasteiger partial charge is 0.379 e. The van der Waals surface area contributed by atoms with E-state index in [1.54, 1.807) is 19.3 Å². The second-order valence-electron chi connectivity index (χ2n) is 5.68. The summed E-state index contributed by atoms with van der Waals surface area (Å²) in [5.41, 5.74) is 1.32. The third kappa shape index (κ3) is 2.65.